The molecule has 7 nitrogen and oxygen atoms in total. The van der Waals surface area contributed by atoms with Crippen molar-refractivity contribution >= 4 is 17.6 Å². The summed E-state index contributed by atoms with van der Waals surface area (Å²) in [6.45, 7) is 1.76. The van der Waals surface area contributed by atoms with E-state index >= 15 is 0 Å². The Morgan fingerprint density at radius 3 is 2.46 bits per heavy atom. The fourth-order valence-electron chi connectivity index (χ4n) is 2.84. The second-order valence-corrected chi connectivity index (χ2v) is 5.80. The number of aromatic nitrogens is 2. The molecular formula is C20H18FN3O4. The number of rotatable bonds is 4. The number of hydrogen-bond acceptors (Lipinski definition) is 6. The Labute approximate surface area is 161 Å². The average Bonchev–Trinajstić information content (AvgIpc) is 2.99. The first-order valence-corrected chi connectivity index (χ1v) is 8.32. The molecule has 1 aliphatic rings. The van der Waals surface area contributed by atoms with E-state index in [9.17, 15) is 14.0 Å². The van der Waals surface area contributed by atoms with Gasteiger partial charge in [-0.1, -0.05) is 6.08 Å². The Morgan fingerprint density at radius 2 is 1.86 bits per heavy atom. The molecule has 28 heavy (non-hydrogen) atoms. The first kappa shape index (κ1) is 19.1. The maximum Gasteiger partial charge on any atom is 0.355 e. The zero-order valence-electron chi connectivity index (χ0n) is 15.5. The Bertz CT molecular complexity index is 1020. The largest absolute Gasteiger partial charge is 0.465 e. The molecule has 0 unspecified atom stereocenters. The van der Waals surface area contributed by atoms with Crippen LogP contribution < -0.4 is 4.90 Å². The quantitative estimate of drug-likeness (QED) is 0.756. The Morgan fingerprint density at radius 1 is 1.11 bits per heavy atom. The summed E-state index contributed by atoms with van der Waals surface area (Å²) in [4.78, 5) is 30.0. The van der Waals surface area contributed by atoms with Crippen LogP contribution in [0.4, 0.5) is 10.1 Å². The van der Waals surface area contributed by atoms with Gasteiger partial charge in [0.25, 0.3) is 0 Å². The van der Waals surface area contributed by atoms with Gasteiger partial charge in [0.1, 0.15) is 17.3 Å². The smallest absolute Gasteiger partial charge is 0.355 e. The third-order valence-corrected chi connectivity index (χ3v) is 4.18. The zero-order chi connectivity index (χ0) is 20.3. The number of imidazole rings is 1. The van der Waals surface area contributed by atoms with Crippen LogP contribution >= 0.6 is 0 Å². The minimum Gasteiger partial charge on any atom is -0.465 e. The lowest BCUT2D eigenvalue weighted by molar-refractivity contribution is -0.139. The molecule has 0 fully saturated rings. The van der Waals surface area contributed by atoms with Crippen molar-refractivity contribution in [2.75, 3.05) is 19.1 Å². The number of halogens is 1. The molecule has 0 saturated carbocycles. The van der Waals surface area contributed by atoms with Gasteiger partial charge in [-0.05, 0) is 31.2 Å². The van der Waals surface area contributed by atoms with Crippen molar-refractivity contribution in [2.24, 2.45) is 0 Å². The van der Waals surface area contributed by atoms with E-state index in [1.165, 1.54) is 37.5 Å². The molecule has 144 valence electrons. The molecule has 0 atom stereocenters. The molecule has 8 heteroatoms. The second-order valence-electron chi connectivity index (χ2n) is 5.80. The van der Waals surface area contributed by atoms with E-state index in [2.05, 4.69) is 4.98 Å². The van der Waals surface area contributed by atoms with Crippen molar-refractivity contribution in [1.82, 2.24) is 9.55 Å². The number of anilines is 1. The minimum absolute atomic E-state index is 0.00529. The maximum absolute atomic E-state index is 14.8. The van der Waals surface area contributed by atoms with Gasteiger partial charge >= 0.3 is 11.9 Å². The second kappa shape index (κ2) is 7.91. The highest BCUT2D eigenvalue weighted by molar-refractivity contribution is 6.05. The summed E-state index contributed by atoms with van der Waals surface area (Å²) >= 11 is 0. The fourth-order valence-corrected chi connectivity index (χ4v) is 2.84. The molecule has 1 aliphatic heterocycles. The molecule has 1 aromatic carbocycles. The molecule has 0 aliphatic carbocycles. The highest BCUT2D eigenvalue weighted by atomic mass is 19.1. The predicted molar refractivity (Wildman–Crippen MR) is 100 cm³/mol. The van der Waals surface area contributed by atoms with Gasteiger partial charge in [0.15, 0.2) is 0 Å². The average molecular weight is 383 g/mol. The number of carbonyl (C=O) groups excluding carboxylic acids is 2. The number of nitrogens with zero attached hydrogens (tertiary/aromatic N) is 3. The molecule has 0 N–H and O–H groups in total. The summed E-state index contributed by atoms with van der Waals surface area (Å²) in [6, 6.07) is 4.46. The molecule has 2 aromatic rings. The van der Waals surface area contributed by atoms with Crippen molar-refractivity contribution in [3.05, 3.63) is 77.9 Å². The number of methoxy groups -OCH3 is 2. The Kier molecular flexibility index (Phi) is 5.39. The van der Waals surface area contributed by atoms with E-state index in [0.717, 1.165) is 0 Å². The molecule has 0 radical (unpaired) electrons. The minimum atomic E-state index is -0.758. The molecule has 0 saturated heterocycles. The summed E-state index contributed by atoms with van der Waals surface area (Å²) in [5.41, 5.74) is 0.563. The van der Waals surface area contributed by atoms with Gasteiger partial charge in [0.05, 0.1) is 25.5 Å². The topological polar surface area (TPSA) is 73.7 Å². The van der Waals surface area contributed by atoms with Crippen LogP contribution in [-0.2, 0) is 19.1 Å². The van der Waals surface area contributed by atoms with E-state index in [4.69, 9.17) is 9.47 Å². The van der Waals surface area contributed by atoms with Crippen molar-refractivity contribution in [3.8, 4) is 5.69 Å². The number of benzene rings is 1. The van der Waals surface area contributed by atoms with E-state index in [0.29, 0.717) is 17.2 Å². The Balaban J connectivity index is 2.12. The molecule has 0 spiro atoms. The lowest BCUT2D eigenvalue weighted by Gasteiger charge is -2.23. The van der Waals surface area contributed by atoms with Gasteiger partial charge in [-0.3, -0.25) is 0 Å². The van der Waals surface area contributed by atoms with E-state index in [1.54, 1.807) is 48.2 Å². The highest BCUT2D eigenvalue weighted by Crippen LogP contribution is 2.29. The molecule has 2 heterocycles. The summed E-state index contributed by atoms with van der Waals surface area (Å²) in [6.07, 6.45) is 9.40. The third-order valence-electron chi connectivity index (χ3n) is 4.18. The van der Waals surface area contributed by atoms with E-state index in [1.807, 2.05) is 0 Å². The van der Waals surface area contributed by atoms with Gasteiger partial charge in [-0.25, -0.2) is 19.0 Å². The van der Waals surface area contributed by atoms with Gasteiger partial charge in [0, 0.05) is 30.3 Å². The molecular weight excluding hydrogens is 365 g/mol. The van der Waals surface area contributed by atoms with Crippen molar-refractivity contribution in [2.45, 2.75) is 6.92 Å². The van der Waals surface area contributed by atoms with Crippen molar-refractivity contribution in [3.63, 3.8) is 0 Å². The molecule has 0 bridgehead atoms. The molecule has 0 amide bonds. The highest BCUT2D eigenvalue weighted by Gasteiger charge is 2.27. The maximum atomic E-state index is 14.8. The van der Waals surface area contributed by atoms with E-state index in [-0.39, 0.29) is 11.3 Å². The number of ether oxygens (including phenoxy) is 2. The molecule has 1 aromatic heterocycles. The van der Waals surface area contributed by atoms with Crippen LogP contribution in [0.3, 0.4) is 0 Å². The number of esters is 2. The summed E-state index contributed by atoms with van der Waals surface area (Å²) in [7, 11) is 2.41. The normalized spacial score (nSPS) is 13.5. The van der Waals surface area contributed by atoms with Crippen LogP contribution in [0.2, 0.25) is 0 Å². The van der Waals surface area contributed by atoms with Crippen LogP contribution in [-0.4, -0.2) is 35.7 Å². The van der Waals surface area contributed by atoms with Crippen LogP contribution in [0.25, 0.3) is 5.69 Å². The Hall–Kier alpha value is -3.68. The van der Waals surface area contributed by atoms with E-state index < -0.39 is 17.8 Å². The predicted octanol–water partition coefficient (Wildman–Crippen LogP) is 2.81. The van der Waals surface area contributed by atoms with Gasteiger partial charge in [-0.2, -0.15) is 0 Å². The number of allylic oxidation sites excluding steroid dienone is 2. The summed E-state index contributed by atoms with van der Waals surface area (Å²) in [5.74, 6) is -1.36. The van der Waals surface area contributed by atoms with Crippen LogP contribution in [0.5, 0.6) is 0 Å². The first-order chi connectivity index (χ1) is 13.5. The lowest BCUT2D eigenvalue weighted by atomic mass is 10.1. The first-order valence-electron chi connectivity index (χ1n) is 8.32. The van der Waals surface area contributed by atoms with Gasteiger partial charge in [0.2, 0.25) is 0 Å². The standard InChI is InChI=1S/C20H18FN3O4/c1-13-22-9-11-23(13)17-8-7-14(12-16(17)21)24-10-5-4-6-15(19(25)27-2)18(24)20(26)28-3/h4-12H,1-3H3. The molecule has 3 rings (SSSR count). The van der Waals surface area contributed by atoms with Crippen molar-refractivity contribution in [1.29, 1.82) is 0 Å². The van der Waals surface area contributed by atoms with Crippen LogP contribution in [0.1, 0.15) is 5.82 Å². The number of hydrogen-bond donors (Lipinski definition) is 0. The van der Waals surface area contributed by atoms with Gasteiger partial charge < -0.3 is 18.9 Å². The fraction of sp³-hybridized carbons (Fsp3) is 0.150. The number of aryl methyl sites for hydroxylation is 1. The summed E-state index contributed by atoms with van der Waals surface area (Å²) in [5, 5.41) is 0. The number of carbonyl (C=O) groups is 2. The SMILES string of the molecule is COC(=O)C1=C(C(=O)OC)N(c2ccc(-n3ccnc3C)c(F)c2)C=CC=C1. The third kappa shape index (κ3) is 3.44. The zero-order valence-corrected chi connectivity index (χ0v) is 15.5. The summed E-state index contributed by atoms with van der Waals surface area (Å²) < 4.78 is 26.0. The van der Waals surface area contributed by atoms with Gasteiger partial charge in [-0.15, -0.1) is 0 Å². The van der Waals surface area contributed by atoms with Crippen LogP contribution in [0, 0.1) is 12.7 Å². The lowest BCUT2D eigenvalue weighted by Crippen LogP contribution is -2.27. The van der Waals surface area contributed by atoms with Crippen molar-refractivity contribution < 1.29 is 23.5 Å². The monoisotopic (exact) mass is 383 g/mol. The van der Waals surface area contributed by atoms with Crippen LogP contribution in [0.15, 0.2) is 66.3 Å².